The van der Waals surface area contributed by atoms with Gasteiger partial charge in [0.1, 0.15) is 11.6 Å². The van der Waals surface area contributed by atoms with Crippen LogP contribution in [0.3, 0.4) is 0 Å². The van der Waals surface area contributed by atoms with Gasteiger partial charge in [0.25, 0.3) is 0 Å². The quantitative estimate of drug-likeness (QED) is 0.119. The monoisotopic (exact) mass is 1700 g/mol. The van der Waals surface area contributed by atoms with Crippen molar-refractivity contribution in [1.82, 2.24) is 49.0 Å². The summed E-state index contributed by atoms with van der Waals surface area (Å²) in [4.78, 5) is 40.1. The highest BCUT2D eigenvalue weighted by Crippen LogP contribution is 2.48. The fraction of sp³-hybridized carbons (Fsp3) is 0. The molecule has 0 atom stereocenters. The van der Waals surface area contributed by atoms with Crippen molar-refractivity contribution in [2.24, 2.45) is 0 Å². The molecule has 0 fully saturated rings. The summed E-state index contributed by atoms with van der Waals surface area (Å²) in [6.07, 6.45) is 0. The third kappa shape index (κ3) is 14.0. The lowest BCUT2D eigenvalue weighted by Crippen LogP contribution is -2.00. The van der Waals surface area contributed by atoms with Gasteiger partial charge < -0.3 is 0 Å². The maximum Gasteiger partial charge on any atom is 0.164 e. The largest absolute Gasteiger partial charge is 0.292 e. The molecule has 0 saturated carbocycles. The Kier molecular flexibility index (Phi) is 19.3. The van der Waals surface area contributed by atoms with Crippen molar-refractivity contribution in [3.63, 3.8) is 0 Å². The zero-order chi connectivity index (χ0) is 85.2. The van der Waals surface area contributed by atoms with Crippen molar-refractivity contribution in [2.75, 3.05) is 0 Å². The minimum atomic E-state index is 0.641. The Balaban J connectivity index is 0.000000108. The summed E-state index contributed by atoms with van der Waals surface area (Å²) in [6, 6.07) is 153. The van der Waals surface area contributed by atoms with E-state index in [9.17, 15) is 0 Å². The number of fused-ring (bicyclic) bond motifs is 17. The van der Waals surface area contributed by atoms with E-state index in [1.807, 2.05) is 108 Å². The Morgan fingerprint density at radius 3 is 0.760 bits per heavy atom. The molecule has 0 aliphatic rings. The average Bonchev–Trinajstić information content (AvgIpc) is 1.62. The molecule has 26 rings (SSSR count). The topological polar surface area (TPSA) is 113 Å². The van der Waals surface area contributed by atoms with E-state index >= 15 is 0 Å². The van der Waals surface area contributed by atoms with E-state index in [0.29, 0.717) is 17.5 Å². The predicted molar refractivity (Wildman–Crippen MR) is 541 cm³/mol. The highest BCUT2D eigenvalue weighted by atomic mass is 32.1. The lowest BCUT2D eigenvalue weighted by Gasteiger charge is -2.11. The molecule has 129 heavy (non-hydrogen) atoms. The van der Waals surface area contributed by atoms with Crippen LogP contribution in [0.5, 0.6) is 0 Å². The summed E-state index contributed by atoms with van der Waals surface area (Å²) in [6.45, 7) is 0. The molecule has 9 aromatic heterocycles. The Hall–Kier alpha value is -16.4. The number of imidazole rings is 2. The molecule has 10 nitrogen and oxygen atoms in total. The summed E-state index contributed by atoms with van der Waals surface area (Å²) >= 11 is 5.46. The molecule has 0 N–H and O–H groups in total. The van der Waals surface area contributed by atoms with Crippen molar-refractivity contribution >= 4 is 149 Å². The van der Waals surface area contributed by atoms with Crippen LogP contribution in [0.25, 0.3) is 240 Å². The molecule has 0 bridgehead atoms. The molecule has 0 radical (unpaired) electrons. The predicted octanol–water partition coefficient (Wildman–Crippen LogP) is 31.3. The Bertz CT molecular complexity index is 8690. The number of aromatic nitrogens is 10. The number of pyridine rings is 3. The molecule has 26 aromatic rings. The molecule has 0 saturated heterocycles. The first-order valence-electron chi connectivity index (χ1n) is 43.0. The van der Waals surface area contributed by atoms with Crippen LogP contribution in [-0.2, 0) is 0 Å². The zero-order valence-corrected chi connectivity index (χ0v) is 71.7. The van der Waals surface area contributed by atoms with E-state index in [-0.39, 0.29) is 0 Å². The van der Waals surface area contributed by atoms with Crippen LogP contribution < -0.4 is 0 Å². The third-order valence-corrected chi connectivity index (χ3v) is 27.7. The van der Waals surface area contributed by atoms with E-state index < -0.39 is 0 Å². The first kappa shape index (κ1) is 76.3. The van der Waals surface area contributed by atoms with Crippen molar-refractivity contribution in [3.05, 3.63) is 437 Å². The number of hydrogen-bond donors (Lipinski definition) is 0. The highest BCUT2D eigenvalue weighted by Gasteiger charge is 2.24. The lowest BCUT2D eigenvalue weighted by molar-refractivity contribution is 1.07. The molecule has 0 unspecified atom stereocenters. The number of benzene rings is 17. The van der Waals surface area contributed by atoms with Crippen LogP contribution in [0.4, 0.5) is 0 Å². The van der Waals surface area contributed by atoms with Gasteiger partial charge >= 0.3 is 0 Å². The van der Waals surface area contributed by atoms with Gasteiger partial charge in [0, 0.05) is 118 Å². The lowest BCUT2D eigenvalue weighted by atomic mass is 9.99. The molecule has 0 spiro atoms. The fourth-order valence-electron chi connectivity index (χ4n) is 18.0. The SMILES string of the molecule is c1ccc(-c2nc(-c3ccccc3)nc(-c3ccc(-c4nc5ccccc5c5c4sc4ccccc45)cc3)n2)cc1.c1ccc(-c2nc3ccccc3n2-c2ccc(-c3ccc(-c4nc5ccccc5c5c4sc4ccccc45)cc3)cc2)cc1.c1ccc(-n2c(-c3ccc(-c4ccc(-c5nc6ccccc6c6c5sc5ccccc56)cc4)cc3)nc3ccccc32)cc1. The minimum absolute atomic E-state index is 0.641. The van der Waals surface area contributed by atoms with Gasteiger partial charge in [-0.25, -0.2) is 39.9 Å². The summed E-state index contributed by atoms with van der Waals surface area (Å²) < 4.78 is 12.0. The van der Waals surface area contributed by atoms with Crippen LogP contribution in [-0.4, -0.2) is 49.0 Å². The zero-order valence-electron chi connectivity index (χ0n) is 69.3. The minimum Gasteiger partial charge on any atom is -0.292 e. The van der Waals surface area contributed by atoms with Crippen LogP contribution >= 0.6 is 34.0 Å². The first-order valence-corrected chi connectivity index (χ1v) is 45.5. The molecular formula is C116H72N10S3. The number of nitrogens with zero attached hydrogens (tertiary/aromatic N) is 10. The van der Waals surface area contributed by atoms with E-state index in [4.69, 9.17) is 39.9 Å². The number of rotatable bonds is 12. The Morgan fingerprint density at radius 2 is 0.403 bits per heavy atom. The highest BCUT2D eigenvalue weighted by molar-refractivity contribution is 7.27. The van der Waals surface area contributed by atoms with Crippen LogP contribution in [0.1, 0.15) is 0 Å². The van der Waals surface area contributed by atoms with Crippen LogP contribution in [0.2, 0.25) is 0 Å². The number of thiophene rings is 3. The molecule has 0 amide bonds. The van der Waals surface area contributed by atoms with Crippen LogP contribution in [0.15, 0.2) is 437 Å². The van der Waals surface area contributed by atoms with Gasteiger partial charge in [-0.05, 0) is 107 Å². The van der Waals surface area contributed by atoms with E-state index in [2.05, 4.69) is 361 Å². The van der Waals surface area contributed by atoms with Gasteiger partial charge in [-0.1, -0.05) is 352 Å². The fourth-order valence-corrected chi connectivity index (χ4v) is 21.7. The van der Waals surface area contributed by atoms with Gasteiger partial charge in [-0.3, -0.25) is 9.13 Å². The van der Waals surface area contributed by atoms with Crippen molar-refractivity contribution in [3.8, 4) is 124 Å². The Labute approximate surface area is 753 Å². The molecule has 604 valence electrons. The summed E-state index contributed by atoms with van der Waals surface area (Å²) in [5.41, 5.74) is 25.5. The standard InChI is InChI=1S/2C40H25N3S.C36H22N4S/c1-2-10-30(11-3-1)43-35-16-8-7-15-34(35)42-40(43)29-24-20-27(21-25-29)26-18-22-28(23-19-26)38-39-37(31-12-4-6-14-33(31)41-38)32-13-5-9-17-36(32)44-39;1-2-10-29(11-3-1)40-42-34-15-7-8-16-35(34)43(40)30-24-22-27(23-25-30)26-18-20-28(21-19-26)38-39-37(31-12-4-6-14-33(31)41-38)32-13-5-9-17-36(32)44-39;1-3-11-24(12-4-1)34-38-35(25-13-5-2-6-14-25)40-36(39-34)26-21-19-23(20-22-26)32-33-31(27-15-7-9-17-29(27)37-32)28-16-8-10-18-30(28)41-33/h2*1-25H;1-22H. The number of hydrogen-bond acceptors (Lipinski definition) is 11. The van der Waals surface area contributed by atoms with Gasteiger partial charge in [-0.15, -0.1) is 34.0 Å². The maximum absolute atomic E-state index is 5.17. The molecule has 17 aromatic carbocycles. The van der Waals surface area contributed by atoms with Crippen molar-refractivity contribution in [2.45, 2.75) is 0 Å². The van der Waals surface area contributed by atoms with Gasteiger partial charge in [0.05, 0.1) is 69.8 Å². The van der Waals surface area contributed by atoms with E-state index in [0.717, 1.165) is 123 Å². The molecular weight excluding hydrogens is 1630 g/mol. The molecule has 13 heteroatoms. The molecule has 0 aliphatic heterocycles. The second-order valence-corrected chi connectivity index (χ2v) is 35.1. The van der Waals surface area contributed by atoms with Gasteiger partial charge in [-0.2, -0.15) is 0 Å². The average molecular weight is 1700 g/mol. The van der Waals surface area contributed by atoms with E-state index in [1.165, 1.54) is 98.9 Å². The third-order valence-electron chi connectivity index (χ3n) is 24.2. The number of para-hydroxylation sites is 8. The summed E-state index contributed by atoms with van der Waals surface area (Å²) in [5, 5.41) is 11.3. The second-order valence-electron chi connectivity index (χ2n) is 32.0. The first-order chi connectivity index (χ1) is 63.9. The summed E-state index contributed by atoms with van der Waals surface area (Å²) in [7, 11) is 0. The summed E-state index contributed by atoms with van der Waals surface area (Å²) in [5.74, 6) is 3.83. The maximum atomic E-state index is 5.17. The van der Waals surface area contributed by atoms with E-state index in [1.54, 1.807) is 11.3 Å². The normalized spacial score (nSPS) is 11.6. The van der Waals surface area contributed by atoms with Crippen molar-refractivity contribution in [1.29, 1.82) is 0 Å². The second kappa shape index (κ2) is 32.6. The van der Waals surface area contributed by atoms with Gasteiger partial charge in [0.15, 0.2) is 17.5 Å². The molecule has 9 heterocycles. The van der Waals surface area contributed by atoms with Gasteiger partial charge in [0.2, 0.25) is 0 Å². The Morgan fingerprint density at radius 1 is 0.163 bits per heavy atom. The van der Waals surface area contributed by atoms with Crippen LogP contribution in [0, 0.1) is 0 Å². The van der Waals surface area contributed by atoms with Crippen molar-refractivity contribution < 1.29 is 0 Å². The molecule has 0 aliphatic carbocycles. The smallest absolute Gasteiger partial charge is 0.164 e.